The fraction of sp³-hybridized carbons (Fsp3) is 0.143. The van der Waals surface area contributed by atoms with E-state index in [1.165, 1.54) is 25.3 Å². The molecule has 0 aliphatic carbocycles. The van der Waals surface area contributed by atoms with Gasteiger partial charge in [0, 0.05) is 3.57 Å². The smallest absolute Gasteiger partial charge is 0.130 e. The highest BCUT2D eigenvalue weighted by atomic mass is 127. The van der Waals surface area contributed by atoms with Crippen molar-refractivity contribution in [3.05, 3.63) is 52.1 Å². The van der Waals surface area contributed by atoms with E-state index < -0.39 is 0 Å². The lowest BCUT2D eigenvalue weighted by Crippen LogP contribution is -3.00. The molecule has 0 saturated heterocycles. The number of quaternary nitrogens is 1. The summed E-state index contributed by atoms with van der Waals surface area (Å²) in [4.78, 5) is 1.36. The summed E-state index contributed by atoms with van der Waals surface area (Å²) in [5.74, 6) is 0. The number of halogens is 1. The van der Waals surface area contributed by atoms with E-state index in [-0.39, 0.29) is 0 Å². The SMILES string of the molecule is C[NH+](C)c1ccc(-c2ccc(I)cc2)cc1. The molecule has 0 aliphatic heterocycles. The summed E-state index contributed by atoms with van der Waals surface area (Å²) in [6.07, 6.45) is 0. The van der Waals surface area contributed by atoms with Crippen LogP contribution in [0.3, 0.4) is 0 Å². The Hall–Kier alpha value is -0.870. The van der Waals surface area contributed by atoms with Gasteiger partial charge in [0.2, 0.25) is 0 Å². The Morgan fingerprint density at radius 2 is 1.19 bits per heavy atom. The van der Waals surface area contributed by atoms with Crippen molar-refractivity contribution in [1.82, 2.24) is 0 Å². The van der Waals surface area contributed by atoms with Gasteiger partial charge in [-0.1, -0.05) is 12.1 Å². The molecule has 82 valence electrons. The van der Waals surface area contributed by atoms with E-state index in [0.29, 0.717) is 0 Å². The second-order valence-electron chi connectivity index (χ2n) is 4.08. The zero-order valence-electron chi connectivity index (χ0n) is 9.50. The minimum Gasteiger partial charge on any atom is -0.307 e. The number of benzene rings is 2. The third-order valence-electron chi connectivity index (χ3n) is 2.64. The minimum atomic E-state index is 1.27. The van der Waals surface area contributed by atoms with Crippen LogP contribution < -0.4 is 4.90 Å². The second kappa shape index (κ2) is 4.97. The molecule has 1 nitrogen and oxygen atoms in total. The Balaban J connectivity index is 2.31. The Kier molecular flexibility index (Phi) is 3.61. The maximum Gasteiger partial charge on any atom is 0.130 e. The predicted octanol–water partition coefficient (Wildman–Crippen LogP) is 2.73. The molecule has 0 aromatic heterocycles. The summed E-state index contributed by atoms with van der Waals surface area (Å²) in [7, 11) is 4.28. The van der Waals surface area contributed by atoms with Crippen molar-refractivity contribution in [1.29, 1.82) is 0 Å². The van der Waals surface area contributed by atoms with Crippen LogP contribution in [0.1, 0.15) is 0 Å². The first kappa shape index (κ1) is 11.6. The van der Waals surface area contributed by atoms with Crippen LogP contribution in [0.15, 0.2) is 48.5 Å². The van der Waals surface area contributed by atoms with Crippen LogP contribution in [0, 0.1) is 3.57 Å². The van der Waals surface area contributed by atoms with Crippen molar-refractivity contribution in [3.63, 3.8) is 0 Å². The Morgan fingerprint density at radius 3 is 1.62 bits per heavy atom. The molecule has 0 unspecified atom stereocenters. The third kappa shape index (κ3) is 2.62. The van der Waals surface area contributed by atoms with Gasteiger partial charge < -0.3 is 4.90 Å². The average Bonchev–Trinajstić information content (AvgIpc) is 2.30. The van der Waals surface area contributed by atoms with Gasteiger partial charge in [0.25, 0.3) is 0 Å². The van der Waals surface area contributed by atoms with Crippen molar-refractivity contribution in [2.45, 2.75) is 0 Å². The number of nitrogens with one attached hydrogen (secondary N) is 1. The Labute approximate surface area is 110 Å². The van der Waals surface area contributed by atoms with Crippen LogP contribution in [0.25, 0.3) is 11.1 Å². The van der Waals surface area contributed by atoms with Gasteiger partial charge in [-0.15, -0.1) is 0 Å². The maximum atomic E-state index is 2.33. The van der Waals surface area contributed by atoms with Crippen LogP contribution >= 0.6 is 22.6 Å². The summed E-state index contributed by atoms with van der Waals surface area (Å²) < 4.78 is 1.27. The number of rotatable bonds is 2. The van der Waals surface area contributed by atoms with Gasteiger partial charge in [0.15, 0.2) is 0 Å². The van der Waals surface area contributed by atoms with E-state index in [9.17, 15) is 0 Å². The maximum absolute atomic E-state index is 2.33. The highest BCUT2D eigenvalue weighted by molar-refractivity contribution is 14.1. The largest absolute Gasteiger partial charge is 0.307 e. The lowest BCUT2D eigenvalue weighted by Gasteiger charge is -2.07. The monoisotopic (exact) mass is 324 g/mol. The molecule has 2 aromatic carbocycles. The molecule has 0 atom stereocenters. The molecular weight excluding hydrogens is 309 g/mol. The van der Waals surface area contributed by atoms with E-state index in [0.717, 1.165) is 0 Å². The van der Waals surface area contributed by atoms with Crippen LogP contribution in [0.5, 0.6) is 0 Å². The Bertz CT molecular complexity index is 457. The quantitative estimate of drug-likeness (QED) is 0.811. The topological polar surface area (TPSA) is 4.44 Å². The van der Waals surface area contributed by atoms with Crippen molar-refractivity contribution < 1.29 is 4.90 Å². The lowest BCUT2D eigenvalue weighted by atomic mass is 10.1. The molecule has 2 heteroatoms. The molecule has 0 bridgehead atoms. The standard InChI is InChI=1S/C14H14IN/c1-16(2)14-9-5-12(6-10-14)11-3-7-13(15)8-4-11/h3-10H,1-2H3/p+1. The summed E-state index contributed by atoms with van der Waals surface area (Å²) >= 11 is 2.33. The molecule has 0 spiro atoms. The van der Waals surface area contributed by atoms with Gasteiger partial charge >= 0.3 is 0 Å². The van der Waals surface area contributed by atoms with Crippen molar-refractivity contribution in [2.24, 2.45) is 0 Å². The minimum absolute atomic E-state index is 1.27. The number of hydrogen-bond acceptors (Lipinski definition) is 0. The van der Waals surface area contributed by atoms with Gasteiger partial charge in [-0.05, 0) is 70.1 Å². The third-order valence-corrected chi connectivity index (χ3v) is 3.36. The van der Waals surface area contributed by atoms with E-state index in [1.807, 2.05) is 0 Å². The highest BCUT2D eigenvalue weighted by Gasteiger charge is 2.01. The molecule has 0 saturated carbocycles. The first-order chi connectivity index (χ1) is 7.66. The van der Waals surface area contributed by atoms with Gasteiger partial charge in [-0.25, -0.2) is 0 Å². The molecule has 2 aromatic rings. The first-order valence-electron chi connectivity index (χ1n) is 5.33. The summed E-state index contributed by atoms with van der Waals surface area (Å²) in [6, 6.07) is 17.3. The zero-order chi connectivity index (χ0) is 11.5. The van der Waals surface area contributed by atoms with Crippen molar-refractivity contribution >= 4 is 28.3 Å². The van der Waals surface area contributed by atoms with Crippen molar-refractivity contribution in [2.75, 3.05) is 14.1 Å². The van der Waals surface area contributed by atoms with Crippen LogP contribution in [-0.2, 0) is 0 Å². The van der Waals surface area contributed by atoms with E-state index in [4.69, 9.17) is 0 Å². The molecule has 16 heavy (non-hydrogen) atoms. The number of hydrogen-bond donors (Lipinski definition) is 1. The van der Waals surface area contributed by atoms with E-state index in [1.54, 1.807) is 0 Å². The summed E-state index contributed by atoms with van der Waals surface area (Å²) in [6.45, 7) is 0. The van der Waals surface area contributed by atoms with Gasteiger partial charge in [0.05, 0.1) is 14.1 Å². The van der Waals surface area contributed by atoms with Crippen molar-refractivity contribution in [3.8, 4) is 11.1 Å². The van der Waals surface area contributed by atoms with E-state index >= 15 is 0 Å². The molecule has 1 N–H and O–H groups in total. The first-order valence-corrected chi connectivity index (χ1v) is 6.41. The molecule has 2 rings (SSSR count). The molecular formula is C14H15IN+. The molecule has 0 radical (unpaired) electrons. The van der Waals surface area contributed by atoms with Crippen LogP contribution in [0.2, 0.25) is 0 Å². The van der Waals surface area contributed by atoms with Gasteiger partial charge in [-0.2, -0.15) is 0 Å². The van der Waals surface area contributed by atoms with E-state index in [2.05, 4.69) is 85.2 Å². The molecule has 0 heterocycles. The Morgan fingerprint density at radius 1 is 0.750 bits per heavy atom. The van der Waals surface area contributed by atoms with Gasteiger partial charge in [0.1, 0.15) is 5.69 Å². The second-order valence-corrected chi connectivity index (χ2v) is 5.33. The zero-order valence-corrected chi connectivity index (χ0v) is 11.7. The fourth-order valence-corrected chi connectivity index (χ4v) is 2.00. The fourth-order valence-electron chi connectivity index (χ4n) is 1.64. The predicted molar refractivity (Wildman–Crippen MR) is 77.1 cm³/mol. The molecule has 0 aliphatic rings. The molecule has 0 fully saturated rings. The molecule has 0 amide bonds. The van der Waals surface area contributed by atoms with Gasteiger partial charge in [-0.3, -0.25) is 0 Å². The summed E-state index contributed by atoms with van der Waals surface area (Å²) in [5, 5.41) is 0. The van der Waals surface area contributed by atoms with Crippen LogP contribution in [0.4, 0.5) is 5.69 Å². The lowest BCUT2D eigenvalue weighted by molar-refractivity contribution is -0.786. The normalized spacial score (nSPS) is 10.8. The summed E-state index contributed by atoms with van der Waals surface area (Å²) in [5.41, 5.74) is 3.87. The highest BCUT2D eigenvalue weighted by Crippen LogP contribution is 2.21. The van der Waals surface area contributed by atoms with Crippen LogP contribution in [-0.4, -0.2) is 14.1 Å². The average molecular weight is 324 g/mol.